The van der Waals surface area contributed by atoms with Crippen LogP contribution in [-0.4, -0.2) is 63.6 Å². The van der Waals surface area contributed by atoms with Crippen molar-refractivity contribution in [1.29, 1.82) is 0 Å². The maximum Gasteiger partial charge on any atom is 0.220 e. The fourth-order valence-electron chi connectivity index (χ4n) is 1.67. The van der Waals surface area contributed by atoms with Gasteiger partial charge in [-0.05, 0) is 6.42 Å². The second kappa shape index (κ2) is 6.27. The molecule has 0 aromatic heterocycles. The van der Waals surface area contributed by atoms with Crippen LogP contribution in [0.15, 0.2) is 0 Å². The van der Waals surface area contributed by atoms with Gasteiger partial charge < -0.3 is 30.5 Å². The van der Waals surface area contributed by atoms with E-state index in [1.165, 1.54) is 0 Å². The summed E-state index contributed by atoms with van der Waals surface area (Å²) in [6.45, 7) is -0.441. The molecule has 5 N–H and O–H groups in total. The van der Waals surface area contributed by atoms with Crippen LogP contribution in [0.5, 0.6) is 0 Å². The van der Waals surface area contributed by atoms with Crippen LogP contribution >= 0.6 is 0 Å². The number of aliphatic hydroxyl groups is 4. The van der Waals surface area contributed by atoms with Gasteiger partial charge in [0.15, 0.2) is 6.29 Å². The van der Waals surface area contributed by atoms with Gasteiger partial charge in [-0.25, -0.2) is 0 Å². The number of hydrogen-bond donors (Lipinski definition) is 5. The number of carbonyl (C=O) groups excluding carboxylic acids is 1. The normalized spacial score (nSPS) is 38.6. The van der Waals surface area contributed by atoms with Crippen LogP contribution in [-0.2, 0) is 9.53 Å². The monoisotopic (exact) mass is 250 g/mol. The minimum atomic E-state index is -1.50. The molecular weight excluding hydrogens is 230 g/mol. The fraction of sp³-hybridized carbons (Fsp3) is 0.900. The number of ether oxygens (including phenoxy) is 1. The fourth-order valence-corrected chi connectivity index (χ4v) is 1.67. The summed E-state index contributed by atoms with van der Waals surface area (Å²) in [4.78, 5) is 11.4. The third kappa shape index (κ3) is 3.36. The molecule has 0 bridgehead atoms. The van der Waals surface area contributed by atoms with Crippen LogP contribution < -0.4 is 5.32 Å². The van der Waals surface area contributed by atoms with E-state index in [0.29, 0.717) is 6.42 Å². The predicted octanol–water partition coefficient (Wildman–Crippen LogP) is -2.30. The Hall–Kier alpha value is -0.730. The Kier molecular flexibility index (Phi) is 4.69. The van der Waals surface area contributed by atoms with Crippen molar-refractivity contribution in [1.82, 2.24) is 5.32 Å². The van der Waals surface area contributed by atoms with E-state index in [1.807, 2.05) is 0 Å². The first-order valence-corrected chi connectivity index (χ1v) is 5.40. The lowest BCUT2D eigenvalue weighted by Crippen LogP contribution is -2.64. The second-order valence-electron chi connectivity index (χ2n) is 3.93. The van der Waals surface area contributed by atoms with Crippen molar-refractivity contribution in [2.45, 2.75) is 50.4 Å². The van der Waals surface area contributed by atoms with E-state index in [4.69, 9.17) is 11.2 Å². The average Bonchev–Trinajstić information content (AvgIpc) is 2.36. The molecule has 7 heteroatoms. The highest BCUT2D eigenvalue weighted by molar-refractivity contribution is 5.76. The van der Waals surface area contributed by atoms with Crippen LogP contribution in [0.25, 0.3) is 0 Å². The highest BCUT2D eigenvalue weighted by Gasteiger charge is 2.44. The van der Waals surface area contributed by atoms with E-state index < -0.39 is 43.2 Å². The zero-order valence-electron chi connectivity index (χ0n) is 10.3. The van der Waals surface area contributed by atoms with Crippen molar-refractivity contribution in [3.8, 4) is 0 Å². The van der Waals surface area contributed by atoms with Crippen LogP contribution in [0, 0.1) is 0 Å². The first-order chi connectivity index (χ1) is 8.51. The molecule has 5 atom stereocenters. The Bertz CT molecular complexity index is 279. The molecule has 17 heavy (non-hydrogen) atoms. The quantitative estimate of drug-likeness (QED) is 0.383. The molecule has 0 spiro atoms. The molecule has 0 aliphatic carbocycles. The van der Waals surface area contributed by atoms with E-state index >= 15 is 0 Å². The summed E-state index contributed by atoms with van der Waals surface area (Å²) >= 11 is 0. The van der Waals surface area contributed by atoms with Gasteiger partial charge in [0.05, 0.1) is 6.61 Å². The van der Waals surface area contributed by atoms with Gasteiger partial charge in [-0.1, -0.05) is 6.90 Å². The number of amides is 1. The number of carbonyl (C=O) groups is 1. The van der Waals surface area contributed by atoms with Crippen molar-refractivity contribution in [2.75, 3.05) is 6.61 Å². The zero-order valence-corrected chi connectivity index (χ0v) is 9.32. The number of aliphatic hydroxyl groups excluding tert-OH is 4. The van der Waals surface area contributed by atoms with Crippen LogP contribution in [0.1, 0.15) is 21.1 Å². The lowest BCUT2D eigenvalue weighted by atomic mass is 9.97. The van der Waals surface area contributed by atoms with Crippen molar-refractivity contribution >= 4 is 5.91 Å². The standard InChI is InChI=1S/C10H19NO6/c1-2-3-6(13)11-7-9(15)8(14)5(4-12)17-10(7)16/h5,7-10,12,14-16H,2-4H2,1H3,(H,11,13)/t5-,7-,8-,9-,10?/m1/s1/i1D. The number of hydrogen-bond acceptors (Lipinski definition) is 6. The van der Waals surface area contributed by atoms with Gasteiger partial charge in [-0.3, -0.25) is 4.79 Å². The Morgan fingerprint density at radius 2 is 2.12 bits per heavy atom. The molecule has 1 saturated heterocycles. The topological polar surface area (TPSA) is 119 Å². The summed E-state index contributed by atoms with van der Waals surface area (Å²) in [7, 11) is 0. The summed E-state index contributed by atoms with van der Waals surface area (Å²) in [6.07, 6.45) is -4.94. The largest absolute Gasteiger partial charge is 0.394 e. The Balaban J connectivity index is 2.57. The predicted molar refractivity (Wildman–Crippen MR) is 56.8 cm³/mol. The Morgan fingerprint density at radius 3 is 2.71 bits per heavy atom. The molecule has 1 aliphatic rings. The molecule has 1 fully saturated rings. The number of rotatable bonds is 4. The van der Waals surface area contributed by atoms with E-state index in [1.54, 1.807) is 0 Å². The maximum atomic E-state index is 11.4. The lowest BCUT2D eigenvalue weighted by Gasteiger charge is -2.40. The molecule has 7 nitrogen and oxygen atoms in total. The molecule has 1 heterocycles. The van der Waals surface area contributed by atoms with Crippen molar-refractivity contribution in [2.24, 2.45) is 0 Å². The molecule has 1 aliphatic heterocycles. The second-order valence-corrected chi connectivity index (χ2v) is 3.93. The number of nitrogens with one attached hydrogen (secondary N) is 1. The average molecular weight is 250 g/mol. The molecule has 0 aromatic carbocycles. The smallest absolute Gasteiger partial charge is 0.220 e. The van der Waals surface area contributed by atoms with Crippen LogP contribution in [0.2, 0.25) is 0 Å². The van der Waals surface area contributed by atoms with Gasteiger partial charge in [0, 0.05) is 7.79 Å². The summed E-state index contributed by atoms with van der Waals surface area (Å²) in [5.41, 5.74) is 0. The highest BCUT2D eigenvalue weighted by atomic mass is 16.6. The first kappa shape index (κ1) is 12.7. The summed E-state index contributed by atoms with van der Waals surface area (Å²) in [6, 6.07) is -1.15. The van der Waals surface area contributed by atoms with E-state index in [-0.39, 0.29) is 13.3 Å². The first-order valence-electron chi connectivity index (χ1n) is 6.11. The highest BCUT2D eigenvalue weighted by Crippen LogP contribution is 2.19. The van der Waals surface area contributed by atoms with E-state index in [0.717, 1.165) is 0 Å². The van der Waals surface area contributed by atoms with Gasteiger partial charge in [0.1, 0.15) is 24.4 Å². The zero-order chi connectivity index (χ0) is 13.7. The van der Waals surface area contributed by atoms with Crippen molar-refractivity contribution in [3.63, 3.8) is 0 Å². The molecule has 0 aromatic rings. The molecule has 0 radical (unpaired) electrons. The van der Waals surface area contributed by atoms with Gasteiger partial charge in [0.25, 0.3) is 0 Å². The van der Waals surface area contributed by atoms with Crippen molar-refractivity contribution in [3.05, 3.63) is 0 Å². The molecule has 0 saturated carbocycles. The minimum absolute atomic E-state index is 0.0962. The SMILES string of the molecule is [2H]CCCC(=O)N[C@H]1C(O)O[C@H](CO)[C@@H](O)[C@@H]1O. The molecular formula is C10H19NO6. The van der Waals surface area contributed by atoms with Gasteiger partial charge >= 0.3 is 0 Å². The summed E-state index contributed by atoms with van der Waals surface area (Å²) in [5, 5.41) is 40.1. The van der Waals surface area contributed by atoms with Crippen LogP contribution in [0.4, 0.5) is 0 Å². The minimum Gasteiger partial charge on any atom is -0.394 e. The van der Waals surface area contributed by atoms with E-state index in [2.05, 4.69) is 5.32 Å². The third-order valence-corrected chi connectivity index (χ3v) is 2.63. The van der Waals surface area contributed by atoms with Gasteiger partial charge in [-0.2, -0.15) is 0 Å². The van der Waals surface area contributed by atoms with Gasteiger partial charge in [-0.15, -0.1) is 0 Å². The maximum absolute atomic E-state index is 11.4. The van der Waals surface area contributed by atoms with Crippen molar-refractivity contribution < 1.29 is 31.3 Å². The summed E-state index contributed by atoms with van der Waals surface area (Å²) < 4.78 is 11.8. The van der Waals surface area contributed by atoms with E-state index in [9.17, 15) is 20.1 Å². The molecule has 1 amide bonds. The Labute approximate surface area is 100 Å². The molecule has 1 unspecified atom stereocenters. The summed E-state index contributed by atoms with van der Waals surface area (Å²) in [5.74, 6) is -0.441. The third-order valence-electron chi connectivity index (χ3n) is 2.63. The van der Waals surface area contributed by atoms with Gasteiger partial charge in [0.2, 0.25) is 5.91 Å². The van der Waals surface area contributed by atoms with Crippen LogP contribution in [0.3, 0.4) is 0 Å². The molecule has 100 valence electrons. The molecule has 1 rings (SSSR count). The lowest BCUT2D eigenvalue weighted by molar-refractivity contribution is -0.253. The Morgan fingerprint density at radius 1 is 1.41 bits per heavy atom.